The molecule has 0 aliphatic carbocycles. The summed E-state index contributed by atoms with van der Waals surface area (Å²) in [5.41, 5.74) is 0.456. The molecule has 3 saturated heterocycles. The van der Waals surface area contributed by atoms with Crippen LogP contribution < -0.4 is 0 Å². The number of nitrogens with zero attached hydrogens (tertiary/aromatic N) is 2. The van der Waals surface area contributed by atoms with E-state index in [4.69, 9.17) is 0 Å². The maximum absolute atomic E-state index is 2.83. The maximum atomic E-state index is 2.83. The van der Waals surface area contributed by atoms with Gasteiger partial charge >= 0.3 is 0 Å². The van der Waals surface area contributed by atoms with Crippen LogP contribution in [0.25, 0.3) is 0 Å². The Balaban J connectivity index is 1.66. The lowest BCUT2D eigenvalue weighted by Crippen LogP contribution is -2.59. The van der Waals surface area contributed by atoms with Crippen molar-refractivity contribution in [2.75, 3.05) is 32.7 Å². The molecule has 0 aromatic rings. The van der Waals surface area contributed by atoms with E-state index in [2.05, 4.69) is 30.6 Å². The minimum Gasteiger partial charge on any atom is -0.302 e. The van der Waals surface area contributed by atoms with Crippen molar-refractivity contribution in [2.24, 2.45) is 17.3 Å². The Kier molecular flexibility index (Phi) is 3.44. The zero-order valence-corrected chi connectivity index (χ0v) is 12.5. The van der Waals surface area contributed by atoms with Gasteiger partial charge in [-0.15, -0.1) is 0 Å². The van der Waals surface area contributed by atoms with Crippen molar-refractivity contribution in [3.8, 4) is 0 Å². The number of rotatable bonds is 1. The number of fused-ring (bicyclic) bond motifs is 4. The minimum absolute atomic E-state index is 0.456. The van der Waals surface area contributed by atoms with Gasteiger partial charge in [-0.2, -0.15) is 0 Å². The monoisotopic (exact) mass is 250 g/mol. The predicted octanol–water partition coefficient (Wildman–Crippen LogP) is 2.84. The van der Waals surface area contributed by atoms with Crippen LogP contribution in [0.2, 0.25) is 0 Å². The first-order valence-electron chi connectivity index (χ1n) is 7.98. The third-order valence-corrected chi connectivity index (χ3v) is 5.04. The molecule has 3 fully saturated rings. The van der Waals surface area contributed by atoms with Gasteiger partial charge in [-0.1, -0.05) is 27.2 Å². The summed E-state index contributed by atoms with van der Waals surface area (Å²) < 4.78 is 0. The average Bonchev–Trinajstić information content (AvgIpc) is 2.26. The van der Waals surface area contributed by atoms with Gasteiger partial charge in [0.05, 0.1) is 0 Å². The summed E-state index contributed by atoms with van der Waals surface area (Å²) in [6.07, 6.45) is 5.91. The van der Waals surface area contributed by atoms with Gasteiger partial charge in [0.15, 0.2) is 0 Å². The molecule has 2 bridgehead atoms. The topological polar surface area (TPSA) is 6.48 Å². The van der Waals surface area contributed by atoms with E-state index in [9.17, 15) is 0 Å². The van der Waals surface area contributed by atoms with E-state index in [1.165, 1.54) is 58.4 Å². The molecule has 0 aromatic heterocycles. The van der Waals surface area contributed by atoms with Gasteiger partial charge in [0.1, 0.15) is 0 Å². The lowest BCUT2D eigenvalue weighted by Gasteiger charge is -2.53. The molecule has 3 heterocycles. The van der Waals surface area contributed by atoms with Crippen LogP contribution in [0.1, 0.15) is 46.5 Å². The Morgan fingerprint density at radius 3 is 2.67 bits per heavy atom. The van der Waals surface area contributed by atoms with Gasteiger partial charge in [-0.25, -0.2) is 0 Å². The zero-order valence-electron chi connectivity index (χ0n) is 12.5. The fourth-order valence-corrected chi connectivity index (χ4v) is 4.67. The molecule has 0 spiro atoms. The Labute approximate surface area is 113 Å². The van der Waals surface area contributed by atoms with Crippen LogP contribution in [0, 0.1) is 17.3 Å². The number of hydrogen-bond donors (Lipinski definition) is 0. The number of likely N-dealkylation sites (tertiary alicyclic amines) is 1. The summed E-state index contributed by atoms with van der Waals surface area (Å²) in [6.45, 7) is 13.9. The molecule has 0 amide bonds. The Bertz CT molecular complexity index is 294. The largest absolute Gasteiger partial charge is 0.302 e. The second-order valence-electron chi connectivity index (χ2n) is 8.17. The van der Waals surface area contributed by atoms with E-state index in [0.717, 1.165) is 17.9 Å². The van der Waals surface area contributed by atoms with Crippen LogP contribution in [0.15, 0.2) is 0 Å². The Hall–Kier alpha value is -0.0800. The summed E-state index contributed by atoms with van der Waals surface area (Å²) >= 11 is 0. The lowest BCUT2D eigenvalue weighted by molar-refractivity contribution is -0.0373. The predicted molar refractivity (Wildman–Crippen MR) is 76.7 cm³/mol. The van der Waals surface area contributed by atoms with Crippen molar-refractivity contribution < 1.29 is 0 Å². The zero-order chi connectivity index (χ0) is 12.8. The summed E-state index contributed by atoms with van der Waals surface area (Å²) in [5.74, 6) is 1.93. The van der Waals surface area contributed by atoms with E-state index < -0.39 is 0 Å². The first kappa shape index (κ1) is 12.9. The molecule has 3 atom stereocenters. The van der Waals surface area contributed by atoms with Gasteiger partial charge in [0.2, 0.25) is 0 Å². The van der Waals surface area contributed by atoms with Crippen molar-refractivity contribution in [3.05, 3.63) is 0 Å². The summed E-state index contributed by atoms with van der Waals surface area (Å²) in [7, 11) is 0. The third-order valence-electron chi connectivity index (χ3n) is 5.04. The third kappa shape index (κ3) is 2.75. The van der Waals surface area contributed by atoms with E-state index in [-0.39, 0.29) is 0 Å². The molecule has 0 aromatic carbocycles. The van der Waals surface area contributed by atoms with Crippen LogP contribution in [0.5, 0.6) is 0 Å². The fourth-order valence-electron chi connectivity index (χ4n) is 4.67. The van der Waals surface area contributed by atoms with Gasteiger partial charge in [-0.05, 0) is 43.1 Å². The quantitative estimate of drug-likeness (QED) is 0.706. The molecule has 0 saturated carbocycles. The van der Waals surface area contributed by atoms with E-state index in [1.54, 1.807) is 0 Å². The van der Waals surface area contributed by atoms with Crippen LogP contribution in [0.4, 0.5) is 0 Å². The minimum atomic E-state index is 0.456. The molecular formula is C16H30N2. The van der Waals surface area contributed by atoms with Crippen molar-refractivity contribution in [3.63, 3.8) is 0 Å². The Morgan fingerprint density at radius 1 is 1.06 bits per heavy atom. The average molecular weight is 250 g/mol. The normalized spacial score (nSPS) is 38.5. The van der Waals surface area contributed by atoms with Crippen molar-refractivity contribution in [2.45, 2.75) is 52.5 Å². The first-order chi connectivity index (χ1) is 8.51. The number of piperidine rings is 3. The fraction of sp³-hybridized carbons (Fsp3) is 1.00. The van der Waals surface area contributed by atoms with Crippen LogP contribution >= 0.6 is 0 Å². The van der Waals surface area contributed by atoms with Crippen LogP contribution in [0.3, 0.4) is 0 Å². The highest BCUT2D eigenvalue weighted by molar-refractivity contribution is 4.96. The second-order valence-corrected chi connectivity index (χ2v) is 8.17. The molecular weight excluding hydrogens is 220 g/mol. The first-order valence-corrected chi connectivity index (χ1v) is 7.98. The summed E-state index contributed by atoms with van der Waals surface area (Å²) in [5, 5.41) is 0. The SMILES string of the molecule is CC(C)(C)CN1C[C@@H]2C[C@H](C1)[C@@H]1CCCCN1C2. The smallest absolute Gasteiger partial charge is 0.0136 e. The van der Waals surface area contributed by atoms with Gasteiger partial charge in [-0.3, -0.25) is 4.90 Å². The number of hydrogen-bond acceptors (Lipinski definition) is 2. The molecule has 3 aliphatic heterocycles. The molecule has 0 N–H and O–H groups in total. The molecule has 3 rings (SSSR count). The molecule has 0 unspecified atom stereocenters. The summed E-state index contributed by atoms with van der Waals surface area (Å²) in [6, 6.07) is 0.928. The molecule has 18 heavy (non-hydrogen) atoms. The highest BCUT2D eigenvalue weighted by Crippen LogP contribution is 2.38. The molecule has 2 heteroatoms. The van der Waals surface area contributed by atoms with E-state index >= 15 is 0 Å². The van der Waals surface area contributed by atoms with Gasteiger partial charge in [0.25, 0.3) is 0 Å². The van der Waals surface area contributed by atoms with E-state index in [0.29, 0.717) is 5.41 Å². The standard InChI is InChI=1S/C16H30N2/c1-16(2,3)12-17-9-13-8-14(11-17)15-6-4-5-7-18(15)10-13/h13-15H,4-12H2,1-3H3/t13-,14+,15-/m0/s1. The van der Waals surface area contributed by atoms with Crippen molar-refractivity contribution in [1.82, 2.24) is 9.80 Å². The molecule has 2 nitrogen and oxygen atoms in total. The molecule has 104 valence electrons. The lowest BCUT2D eigenvalue weighted by atomic mass is 9.75. The highest BCUT2D eigenvalue weighted by atomic mass is 15.2. The van der Waals surface area contributed by atoms with Gasteiger partial charge in [0, 0.05) is 32.2 Å². The van der Waals surface area contributed by atoms with Crippen molar-refractivity contribution in [1.29, 1.82) is 0 Å². The molecule has 0 radical (unpaired) electrons. The van der Waals surface area contributed by atoms with E-state index in [1.807, 2.05) is 0 Å². The second kappa shape index (κ2) is 4.79. The highest BCUT2D eigenvalue weighted by Gasteiger charge is 2.41. The summed E-state index contributed by atoms with van der Waals surface area (Å²) in [4.78, 5) is 5.60. The Morgan fingerprint density at radius 2 is 1.89 bits per heavy atom. The van der Waals surface area contributed by atoms with Crippen LogP contribution in [-0.2, 0) is 0 Å². The van der Waals surface area contributed by atoms with Crippen molar-refractivity contribution >= 4 is 0 Å². The maximum Gasteiger partial charge on any atom is 0.0136 e. The molecule has 3 aliphatic rings. The van der Waals surface area contributed by atoms with Gasteiger partial charge < -0.3 is 4.90 Å². The van der Waals surface area contributed by atoms with Crippen LogP contribution in [-0.4, -0.2) is 48.6 Å².